The molecule has 1 atom stereocenters. The molecule has 0 spiro atoms. The number of amides is 3. The summed E-state index contributed by atoms with van der Waals surface area (Å²) in [6, 6.07) is 8.07. The number of rotatable bonds is 5. The van der Waals surface area contributed by atoms with Gasteiger partial charge in [-0.2, -0.15) is 0 Å². The number of hydrogen-bond donors (Lipinski definition) is 2. The van der Waals surface area contributed by atoms with Gasteiger partial charge in [0.25, 0.3) is 0 Å². The number of urea groups is 1. The number of carbonyl (C=O) groups excluding carboxylic acids is 2. The standard InChI is InChI=1S/C18H25N3O2/c1-2-11-21(16(22)18(9-10-18)20-17(19)23)15-8-7-13-5-3-4-6-14(13)12-15/h3-6,15H,2,7-12H2,1H3,(H3,19,20,23)/t15-/m1/s1. The van der Waals surface area contributed by atoms with Crippen LogP contribution in [0.5, 0.6) is 0 Å². The van der Waals surface area contributed by atoms with E-state index in [2.05, 4.69) is 36.5 Å². The van der Waals surface area contributed by atoms with Gasteiger partial charge in [-0.25, -0.2) is 4.79 Å². The van der Waals surface area contributed by atoms with E-state index in [0.29, 0.717) is 12.8 Å². The van der Waals surface area contributed by atoms with Crippen molar-refractivity contribution in [1.82, 2.24) is 10.2 Å². The van der Waals surface area contributed by atoms with E-state index in [1.54, 1.807) is 0 Å². The maximum Gasteiger partial charge on any atom is 0.313 e. The Hall–Kier alpha value is -2.04. The van der Waals surface area contributed by atoms with Gasteiger partial charge < -0.3 is 16.0 Å². The van der Waals surface area contributed by atoms with E-state index in [1.807, 2.05) is 4.90 Å². The van der Waals surface area contributed by atoms with E-state index in [4.69, 9.17) is 5.73 Å². The van der Waals surface area contributed by atoms with E-state index in [1.165, 1.54) is 11.1 Å². The fourth-order valence-corrected chi connectivity index (χ4v) is 3.66. The lowest BCUT2D eigenvalue weighted by Gasteiger charge is -2.37. The van der Waals surface area contributed by atoms with Crippen LogP contribution in [0.25, 0.3) is 0 Å². The van der Waals surface area contributed by atoms with Gasteiger partial charge >= 0.3 is 6.03 Å². The van der Waals surface area contributed by atoms with Crippen molar-refractivity contribution in [3.05, 3.63) is 35.4 Å². The number of benzene rings is 1. The van der Waals surface area contributed by atoms with Crippen molar-refractivity contribution in [1.29, 1.82) is 0 Å². The van der Waals surface area contributed by atoms with Crippen LogP contribution in [0.1, 0.15) is 43.7 Å². The van der Waals surface area contributed by atoms with E-state index in [-0.39, 0.29) is 11.9 Å². The Morgan fingerprint density at radius 1 is 1.30 bits per heavy atom. The zero-order valence-corrected chi connectivity index (χ0v) is 13.7. The van der Waals surface area contributed by atoms with Gasteiger partial charge in [0.2, 0.25) is 5.91 Å². The van der Waals surface area contributed by atoms with Crippen LogP contribution >= 0.6 is 0 Å². The molecule has 3 amide bonds. The smallest absolute Gasteiger partial charge is 0.313 e. The Bertz CT molecular complexity index is 610. The quantitative estimate of drug-likeness (QED) is 0.872. The predicted octanol–water partition coefficient (Wildman–Crippen LogP) is 1.98. The zero-order valence-electron chi connectivity index (χ0n) is 13.7. The lowest BCUT2D eigenvalue weighted by atomic mass is 9.87. The number of carbonyl (C=O) groups is 2. The first-order valence-electron chi connectivity index (χ1n) is 8.51. The van der Waals surface area contributed by atoms with Gasteiger partial charge in [-0.1, -0.05) is 31.2 Å². The van der Waals surface area contributed by atoms with Crippen molar-refractivity contribution in [3.63, 3.8) is 0 Å². The molecule has 23 heavy (non-hydrogen) atoms. The van der Waals surface area contributed by atoms with Crippen molar-refractivity contribution < 1.29 is 9.59 Å². The van der Waals surface area contributed by atoms with Gasteiger partial charge in [-0.3, -0.25) is 4.79 Å². The average molecular weight is 315 g/mol. The van der Waals surface area contributed by atoms with Gasteiger partial charge in [-0.15, -0.1) is 0 Å². The van der Waals surface area contributed by atoms with Crippen LogP contribution in [0.4, 0.5) is 4.79 Å². The van der Waals surface area contributed by atoms with Crippen LogP contribution in [0.15, 0.2) is 24.3 Å². The molecule has 0 heterocycles. The molecule has 0 aromatic heterocycles. The number of fused-ring (bicyclic) bond motifs is 1. The second kappa shape index (κ2) is 6.22. The molecule has 1 aromatic rings. The first-order valence-corrected chi connectivity index (χ1v) is 8.51. The van der Waals surface area contributed by atoms with Gasteiger partial charge in [0, 0.05) is 12.6 Å². The molecule has 5 nitrogen and oxygen atoms in total. The largest absolute Gasteiger partial charge is 0.352 e. The number of primary amides is 1. The molecule has 1 saturated carbocycles. The third kappa shape index (κ3) is 3.19. The topological polar surface area (TPSA) is 75.4 Å². The van der Waals surface area contributed by atoms with E-state index in [9.17, 15) is 9.59 Å². The number of nitrogens with two attached hydrogens (primary N) is 1. The van der Waals surface area contributed by atoms with Gasteiger partial charge in [0.15, 0.2) is 0 Å². The van der Waals surface area contributed by atoms with Gasteiger partial charge in [-0.05, 0) is 49.7 Å². The summed E-state index contributed by atoms with van der Waals surface area (Å²) in [6.45, 7) is 2.81. The predicted molar refractivity (Wildman–Crippen MR) is 88.9 cm³/mol. The molecule has 0 aliphatic heterocycles. The first kappa shape index (κ1) is 15.8. The highest BCUT2D eigenvalue weighted by atomic mass is 16.2. The number of hydrogen-bond acceptors (Lipinski definition) is 2. The summed E-state index contributed by atoms with van der Waals surface area (Å²) in [6.07, 6.45) is 5.18. The summed E-state index contributed by atoms with van der Waals surface area (Å²) in [5, 5.41) is 2.67. The van der Waals surface area contributed by atoms with Crippen LogP contribution in [0, 0.1) is 0 Å². The van der Waals surface area contributed by atoms with Crippen molar-refractivity contribution in [2.75, 3.05) is 6.54 Å². The molecule has 0 radical (unpaired) electrons. The van der Waals surface area contributed by atoms with Crippen LogP contribution in [-0.2, 0) is 17.6 Å². The van der Waals surface area contributed by atoms with Gasteiger partial charge in [0.05, 0.1) is 0 Å². The zero-order chi connectivity index (χ0) is 16.4. The summed E-state index contributed by atoms with van der Waals surface area (Å²) in [5.74, 6) is 0.0440. The maximum absolute atomic E-state index is 13.0. The van der Waals surface area contributed by atoms with Crippen molar-refractivity contribution in [2.45, 2.75) is 57.0 Å². The van der Waals surface area contributed by atoms with Crippen LogP contribution < -0.4 is 11.1 Å². The molecule has 124 valence electrons. The van der Waals surface area contributed by atoms with E-state index < -0.39 is 11.6 Å². The summed E-state index contributed by atoms with van der Waals surface area (Å²) in [7, 11) is 0. The average Bonchev–Trinajstić information content (AvgIpc) is 3.31. The van der Waals surface area contributed by atoms with Crippen molar-refractivity contribution >= 4 is 11.9 Å². The Kier molecular flexibility index (Phi) is 4.28. The lowest BCUT2D eigenvalue weighted by Crippen LogP contribution is -2.55. The van der Waals surface area contributed by atoms with E-state index in [0.717, 1.165) is 32.2 Å². The van der Waals surface area contributed by atoms with Crippen LogP contribution in [-0.4, -0.2) is 35.0 Å². The molecule has 3 N–H and O–H groups in total. The van der Waals surface area contributed by atoms with Crippen molar-refractivity contribution in [2.24, 2.45) is 5.73 Å². The Labute approximate surface area is 137 Å². The number of nitrogens with one attached hydrogen (secondary N) is 1. The molecular weight excluding hydrogens is 290 g/mol. The third-order valence-electron chi connectivity index (χ3n) is 5.01. The normalized spacial score (nSPS) is 21.2. The minimum Gasteiger partial charge on any atom is -0.352 e. The molecule has 2 aliphatic carbocycles. The molecule has 0 saturated heterocycles. The second-order valence-electron chi connectivity index (χ2n) is 6.74. The molecule has 2 aliphatic rings. The lowest BCUT2D eigenvalue weighted by molar-refractivity contribution is -0.137. The Morgan fingerprint density at radius 2 is 2.00 bits per heavy atom. The Balaban J connectivity index is 1.77. The number of aryl methyl sites for hydroxylation is 1. The summed E-state index contributed by atoms with van der Waals surface area (Å²) >= 11 is 0. The summed E-state index contributed by atoms with van der Waals surface area (Å²) in [4.78, 5) is 26.2. The SMILES string of the molecule is CCCN(C(=O)C1(NC(N)=O)CC1)[C@@H]1CCc2ccccc2C1. The van der Waals surface area contributed by atoms with Crippen LogP contribution in [0.3, 0.4) is 0 Å². The highest BCUT2D eigenvalue weighted by Crippen LogP contribution is 2.38. The molecule has 3 rings (SSSR count). The van der Waals surface area contributed by atoms with Gasteiger partial charge in [0.1, 0.15) is 5.54 Å². The monoisotopic (exact) mass is 315 g/mol. The highest BCUT2D eigenvalue weighted by molar-refractivity contribution is 5.93. The second-order valence-corrected chi connectivity index (χ2v) is 6.74. The van der Waals surface area contributed by atoms with Crippen molar-refractivity contribution in [3.8, 4) is 0 Å². The molecule has 5 heteroatoms. The van der Waals surface area contributed by atoms with E-state index >= 15 is 0 Å². The molecule has 0 unspecified atom stereocenters. The fraction of sp³-hybridized carbons (Fsp3) is 0.556. The molecule has 0 bridgehead atoms. The fourth-order valence-electron chi connectivity index (χ4n) is 3.66. The Morgan fingerprint density at radius 3 is 2.61 bits per heavy atom. The summed E-state index contributed by atoms with van der Waals surface area (Å²) < 4.78 is 0. The first-order chi connectivity index (χ1) is 11.1. The molecule has 1 fully saturated rings. The molecular formula is C18H25N3O2. The number of nitrogens with zero attached hydrogens (tertiary/aromatic N) is 1. The minimum atomic E-state index is -0.738. The molecule has 1 aromatic carbocycles. The summed E-state index contributed by atoms with van der Waals surface area (Å²) in [5.41, 5.74) is 7.24. The maximum atomic E-state index is 13.0. The third-order valence-corrected chi connectivity index (χ3v) is 5.01. The minimum absolute atomic E-state index is 0.0440. The van der Waals surface area contributed by atoms with Crippen LogP contribution in [0.2, 0.25) is 0 Å². The highest BCUT2D eigenvalue weighted by Gasteiger charge is 2.53.